The van der Waals surface area contributed by atoms with E-state index in [9.17, 15) is 0 Å². The zero-order valence-electron chi connectivity index (χ0n) is 16.7. The number of nitrogens with one attached hydrogen (secondary N) is 1. The summed E-state index contributed by atoms with van der Waals surface area (Å²) in [6.45, 7) is 2.68. The highest BCUT2D eigenvalue weighted by Gasteiger charge is 2.51. The largest absolute Gasteiger partial charge is 0.508 e. The lowest BCUT2D eigenvalue weighted by molar-refractivity contribution is 0.102. The monoisotopic (exact) mass is 388 g/mol. The molecule has 148 valence electrons. The van der Waals surface area contributed by atoms with Crippen molar-refractivity contribution in [2.75, 3.05) is 27.9 Å². The normalized spacial score (nSPS) is 15.3. The van der Waals surface area contributed by atoms with Crippen molar-refractivity contribution in [1.29, 1.82) is 0 Å². The Labute approximate surface area is 164 Å². The molecule has 2 aromatic rings. The third-order valence-corrected chi connectivity index (χ3v) is 8.18. The quantitative estimate of drug-likeness (QED) is 0.458. The van der Waals surface area contributed by atoms with Crippen LogP contribution in [-0.4, -0.2) is 42.8 Å². The molecule has 0 bridgehead atoms. The third kappa shape index (κ3) is 5.71. The fourth-order valence-electron chi connectivity index (χ4n) is 3.62. The van der Waals surface area contributed by atoms with Gasteiger partial charge in [0.05, 0.1) is 11.7 Å². The van der Waals surface area contributed by atoms with Crippen LogP contribution >= 0.6 is 0 Å². The van der Waals surface area contributed by atoms with E-state index in [1.54, 1.807) is 21.3 Å². The maximum Gasteiger partial charge on any atom is 0.508 e. The van der Waals surface area contributed by atoms with Gasteiger partial charge in [-0.1, -0.05) is 60.7 Å². The van der Waals surface area contributed by atoms with Gasteiger partial charge in [0.25, 0.3) is 0 Å². The number of rotatable bonds is 11. The number of hydrogen-bond acceptors (Lipinski definition) is 5. The summed E-state index contributed by atoms with van der Waals surface area (Å²) in [4.78, 5) is 0. The maximum absolute atomic E-state index is 5.99. The number of nitrogens with two attached hydrogens (primary N) is 1. The Kier molecular flexibility index (Phi) is 8.62. The van der Waals surface area contributed by atoms with Crippen molar-refractivity contribution in [3.63, 3.8) is 0 Å². The Balaban J connectivity index is 2.47. The van der Waals surface area contributed by atoms with Gasteiger partial charge >= 0.3 is 8.80 Å². The molecule has 3 N–H and O–H groups in total. The lowest BCUT2D eigenvalue weighted by Crippen LogP contribution is -2.54. The van der Waals surface area contributed by atoms with Crippen molar-refractivity contribution in [3.05, 3.63) is 71.8 Å². The molecule has 0 aromatic heterocycles. The minimum absolute atomic E-state index is 0.0230. The molecule has 0 heterocycles. The first-order chi connectivity index (χ1) is 13.1. The minimum atomic E-state index is -2.96. The van der Waals surface area contributed by atoms with E-state index in [1.807, 2.05) is 31.2 Å². The summed E-state index contributed by atoms with van der Waals surface area (Å²) in [6.07, 6.45) is 0.772. The fraction of sp³-hybridized carbons (Fsp3) is 0.429. The SMILES string of the molecule is CO[Si](OC)(OC)C(c1ccccc1)C(CNC(C)N)Cc1ccccc1. The first kappa shape index (κ1) is 21.8. The van der Waals surface area contributed by atoms with Gasteiger partial charge in [-0.25, -0.2) is 0 Å². The highest BCUT2D eigenvalue weighted by atomic mass is 28.4. The molecular weight excluding hydrogens is 356 g/mol. The molecule has 2 aromatic carbocycles. The Bertz CT molecular complexity index is 643. The predicted octanol–water partition coefficient (Wildman–Crippen LogP) is 2.94. The summed E-state index contributed by atoms with van der Waals surface area (Å²) in [5.74, 6) is 0.187. The van der Waals surface area contributed by atoms with E-state index < -0.39 is 8.80 Å². The molecule has 0 aliphatic heterocycles. The van der Waals surface area contributed by atoms with Crippen LogP contribution in [0.5, 0.6) is 0 Å². The summed E-state index contributed by atoms with van der Waals surface area (Å²) in [7, 11) is 2.07. The van der Waals surface area contributed by atoms with E-state index in [4.69, 9.17) is 19.0 Å². The van der Waals surface area contributed by atoms with Gasteiger partial charge < -0.3 is 24.3 Å². The second kappa shape index (κ2) is 10.7. The maximum atomic E-state index is 5.99. The Morgan fingerprint density at radius 2 is 1.41 bits per heavy atom. The third-order valence-electron chi connectivity index (χ3n) is 4.91. The molecule has 0 saturated heterocycles. The van der Waals surface area contributed by atoms with Crippen molar-refractivity contribution in [2.24, 2.45) is 11.7 Å². The van der Waals surface area contributed by atoms with E-state index in [-0.39, 0.29) is 17.6 Å². The first-order valence-corrected chi connectivity index (χ1v) is 11.1. The van der Waals surface area contributed by atoms with E-state index >= 15 is 0 Å². The molecule has 0 aliphatic rings. The molecule has 0 fully saturated rings. The van der Waals surface area contributed by atoms with Crippen molar-refractivity contribution >= 4 is 8.80 Å². The van der Waals surface area contributed by atoms with Gasteiger partial charge in [0, 0.05) is 27.9 Å². The van der Waals surface area contributed by atoms with Crippen molar-refractivity contribution in [2.45, 2.75) is 25.1 Å². The van der Waals surface area contributed by atoms with Crippen LogP contribution in [0, 0.1) is 5.92 Å². The molecule has 3 atom stereocenters. The smallest absolute Gasteiger partial charge is 0.376 e. The topological polar surface area (TPSA) is 65.7 Å². The molecule has 0 saturated carbocycles. The van der Waals surface area contributed by atoms with Crippen molar-refractivity contribution < 1.29 is 13.3 Å². The molecule has 0 spiro atoms. The van der Waals surface area contributed by atoms with Gasteiger partial charge in [0.1, 0.15) is 0 Å². The second-order valence-electron chi connectivity index (χ2n) is 6.75. The molecule has 5 nitrogen and oxygen atoms in total. The van der Waals surface area contributed by atoms with E-state index in [0.29, 0.717) is 0 Å². The summed E-state index contributed by atoms with van der Waals surface area (Å²) < 4.78 is 17.7. The summed E-state index contributed by atoms with van der Waals surface area (Å²) in [5, 5.41) is 3.39. The van der Waals surface area contributed by atoms with Gasteiger partial charge in [-0.05, 0) is 30.4 Å². The molecule has 27 heavy (non-hydrogen) atoms. The summed E-state index contributed by atoms with van der Waals surface area (Å²) in [6, 6.07) is 20.8. The lowest BCUT2D eigenvalue weighted by atomic mass is 9.91. The predicted molar refractivity (Wildman–Crippen MR) is 111 cm³/mol. The minimum Gasteiger partial charge on any atom is -0.376 e. The van der Waals surface area contributed by atoms with Gasteiger partial charge in [-0.3, -0.25) is 0 Å². The van der Waals surface area contributed by atoms with Crippen LogP contribution in [0.1, 0.15) is 23.6 Å². The van der Waals surface area contributed by atoms with E-state index in [1.165, 1.54) is 5.56 Å². The number of hydrogen-bond donors (Lipinski definition) is 2. The first-order valence-electron chi connectivity index (χ1n) is 9.29. The van der Waals surface area contributed by atoms with Gasteiger partial charge in [0.2, 0.25) is 0 Å². The van der Waals surface area contributed by atoms with Gasteiger partial charge in [-0.2, -0.15) is 0 Å². The van der Waals surface area contributed by atoms with Crippen LogP contribution in [0.3, 0.4) is 0 Å². The van der Waals surface area contributed by atoms with Crippen molar-refractivity contribution in [3.8, 4) is 0 Å². The van der Waals surface area contributed by atoms with Gasteiger partial charge in [-0.15, -0.1) is 0 Å². The van der Waals surface area contributed by atoms with E-state index in [0.717, 1.165) is 18.5 Å². The van der Waals surface area contributed by atoms with Crippen LogP contribution in [0.4, 0.5) is 0 Å². The Morgan fingerprint density at radius 3 is 1.89 bits per heavy atom. The zero-order chi connectivity index (χ0) is 19.7. The lowest BCUT2D eigenvalue weighted by Gasteiger charge is -2.38. The van der Waals surface area contributed by atoms with Crippen molar-refractivity contribution in [1.82, 2.24) is 5.32 Å². The molecule has 3 unspecified atom stereocenters. The molecule has 2 rings (SSSR count). The Hall–Kier alpha value is -1.54. The molecular formula is C21H32N2O3Si. The molecule has 0 aliphatic carbocycles. The van der Waals surface area contributed by atoms with Crippen LogP contribution < -0.4 is 11.1 Å². The summed E-state index contributed by atoms with van der Waals surface area (Å²) in [5.41, 5.74) is 8.38. The van der Waals surface area contributed by atoms with Crippen LogP contribution in [0.2, 0.25) is 0 Å². The zero-order valence-corrected chi connectivity index (χ0v) is 17.7. The molecule has 0 amide bonds. The highest BCUT2D eigenvalue weighted by molar-refractivity contribution is 6.62. The summed E-state index contributed by atoms with van der Waals surface area (Å²) >= 11 is 0. The molecule has 6 heteroatoms. The van der Waals surface area contributed by atoms with Gasteiger partial charge in [0.15, 0.2) is 0 Å². The Morgan fingerprint density at radius 1 is 0.889 bits per heavy atom. The second-order valence-corrected chi connectivity index (χ2v) is 9.80. The van der Waals surface area contributed by atoms with Crippen LogP contribution in [0.15, 0.2) is 60.7 Å². The average molecular weight is 389 g/mol. The van der Waals surface area contributed by atoms with Crippen LogP contribution in [-0.2, 0) is 19.7 Å². The van der Waals surface area contributed by atoms with Crippen LogP contribution in [0.25, 0.3) is 0 Å². The van der Waals surface area contributed by atoms with E-state index in [2.05, 4.69) is 41.7 Å². The standard InChI is InChI=1S/C21H32N2O3Si/c1-17(22)23-16-20(15-18-11-7-5-8-12-18)21(19-13-9-6-10-14-19)27(24-2,25-3)26-4/h5-14,17,20-21,23H,15-16,22H2,1-4H3. The highest BCUT2D eigenvalue weighted by Crippen LogP contribution is 2.37. The average Bonchev–Trinajstić information content (AvgIpc) is 2.71. The fourth-order valence-corrected chi connectivity index (χ4v) is 6.29. The number of benzene rings is 2. The molecule has 0 radical (unpaired) electrons.